The van der Waals surface area contributed by atoms with Crippen molar-refractivity contribution in [2.75, 3.05) is 14.2 Å². The average molecular weight is 1070 g/mol. The average Bonchev–Trinajstić information content (AvgIpc) is 4.19. The normalized spacial score (nSPS) is 31.9. The van der Waals surface area contributed by atoms with Crippen molar-refractivity contribution in [3.05, 3.63) is 129 Å². The van der Waals surface area contributed by atoms with E-state index in [2.05, 4.69) is 10.2 Å². The second-order valence-corrected chi connectivity index (χ2v) is 21.4. The predicted octanol–water partition coefficient (Wildman–Crippen LogP) is 10.0. The van der Waals surface area contributed by atoms with Crippen molar-refractivity contribution in [3.8, 4) is 0 Å². The molecule has 17 nitrogen and oxygen atoms in total. The smallest absolute Gasteiger partial charge is 0.442 e. The Kier molecular flexibility index (Phi) is 20.5. The molecule has 412 valence electrons. The van der Waals surface area contributed by atoms with Gasteiger partial charge in [0.15, 0.2) is 0 Å². The number of nitro groups is 1. The number of hydrogen-bond acceptors (Lipinski definition) is 16. The first-order valence-corrected chi connectivity index (χ1v) is 26.3. The van der Waals surface area contributed by atoms with Crippen LogP contribution in [0.1, 0.15) is 97.5 Å². The lowest BCUT2D eigenvalue weighted by Gasteiger charge is -2.43. The second-order valence-electron chi connectivity index (χ2n) is 19.8. The summed E-state index contributed by atoms with van der Waals surface area (Å²) in [7, 11) is -1.71. The molecule has 2 unspecified atom stereocenters. The number of rotatable bonds is 15. The molecular weight excluding hydrogens is 1000 g/mol. The highest BCUT2D eigenvalue weighted by molar-refractivity contribution is 7.86. The van der Waals surface area contributed by atoms with Crippen LogP contribution in [0.4, 0.5) is 18.9 Å². The summed E-state index contributed by atoms with van der Waals surface area (Å²) >= 11 is 0. The highest BCUT2D eigenvalue weighted by Gasteiger charge is 2.65. The van der Waals surface area contributed by atoms with Crippen molar-refractivity contribution in [2.24, 2.45) is 45.7 Å². The van der Waals surface area contributed by atoms with Gasteiger partial charge in [0.2, 0.25) is 5.76 Å². The van der Waals surface area contributed by atoms with E-state index in [1.807, 2.05) is 20.8 Å². The number of esters is 2. The molecule has 0 aromatic heterocycles. The number of carbonyl (C=O) groups excluding carboxylic acids is 2. The Hall–Kier alpha value is -5.58. The van der Waals surface area contributed by atoms with Gasteiger partial charge in [-0.25, -0.2) is 9.59 Å². The molecule has 1 saturated heterocycles. The van der Waals surface area contributed by atoms with Crippen molar-refractivity contribution in [3.63, 3.8) is 0 Å². The molecule has 0 radical (unpaired) electrons. The lowest BCUT2D eigenvalue weighted by Crippen LogP contribution is -2.51. The zero-order valence-electron chi connectivity index (χ0n) is 44.0. The molecule has 0 aliphatic carbocycles. The van der Waals surface area contributed by atoms with E-state index in [0.29, 0.717) is 18.4 Å². The molecule has 2 N–H and O–H groups in total. The molecule has 3 aliphatic heterocycles. The predicted molar refractivity (Wildman–Crippen MR) is 270 cm³/mol. The minimum absolute atomic E-state index is 0.00561. The van der Waals surface area contributed by atoms with Crippen LogP contribution in [0.25, 0.3) is 0 Å². The molecule has 2 aromatic carbocycles. The third-order valence-electron chi connectivity index (χ3n) is 14.4. The SMILES string of the molecule is C/C=C/[C@H]1O[C@@H]([C@@H](C)[C@H](O)[C@H](C)C2OC(=O)/C(OC)=C\C(C)=C\[C@@H](C)[C@@H](O)C(CC)[C@@H](OC(=O)c3ccc(C4(C(F)(F)F)N=N4)cc3)[C@H](C)C/C(C)=C/C=C\[C@@H]2OC)C[C@@H](OS(=O)(=O)c2ccc([N+](=O)[O-])cc2)[C@@H]1C. The number of nitro benzene ring substituents is 1. The number of cyclic esters (lactones) is 1. The van der Waals surface area contributed by atoms with E-state index in [9.17, 15) is 51.5 Å². The summed E-state index contributed by atoms with van der Waals surface area (Å²) in [4.78, 5) is 38.3. The number of alkyl halides is 3. The van der Waals surface area contributed by atoms with Crippen LogP contribution in [-0.4, -0.2) is 105 Å². The van der Waals surface area contributed by atoms with Gasteiger partial charge in [-0.2, -0.15) is 21.6 Å². The summed E-state index contributed by atoms with van der Waals surface area (Å²) in [6.45, 7) is 16.0. The van der Waals surface area contributed by atoms with Crippen LogP contribution < -0.4 is 0 Å². The van der Waals surface area contributed by atoms with Gasteiger partial charge in [-0.15, -0.1) is 10.2 Å². The number of allylic oxidation sites excluding steroid dienone is 6. The first-order chi connectivity index (χ1) is 35.2. The van der Waals surface area contributed by atoms with Gasteiger partial charge in [-0.3, -0.25) is 14.3 Å². The first kappa shape index (κ1) is 60.3. The number of benzene rings is 2. The molecule has 2 aromatic rings. The highest BCUT2D eigenvalue weighted by atomic mass is 32.2. The number of ether oxygens (including phenoxy) is 5. The van der Waals surface area contributed by atoms with Crippen LogP contribution >= 0.6 is 0 Å². The van der Waals surface area contributed by atoms with E-state index < -0.39 is 123 Å². The highest BCUT2D eigenvalue weighted by Crippen LogP contribution is 2.52. The number of halogens is 3. The van der Waals surface area contributed by atoms with E-state index in [4.69, 9.17) is 27.9 Å². The quantitative estimate of drug-likeness (QED) is 0.0556. The topological polar surface area (TPSA) is 232 Å². The molecule has 0 amide bonds. The largest absolute Gasteiger partial charge is 0.490 e. The molecule has 0 saturated carbocycles. The summed E-state index contributed by atoms with van der Waals surface area (Å²) in [6, 6.07) is 9.08. The maximum Gasteiger partial charge on any atom is 0.442 e. The van der Waals surface area contributed by atoms with Gasteiger partial charge in [-0.1, -0.05) is 101 Å². The fourth-order valence-electron chi connectivity index (χ4n) is 9.88. The lowest BCUT2D eigenvalue weighted by molar-refractivity contribution is -0.384. The summed E-state index contributed by atoms with van der Waals surface area (Å²) in [5, 5.41) is 41.9. The van der Waals surface area contributed by atoms with Crippen molar-refractivity contribution in [1.29, 1.82) is 0 Å². The Morgan fingerprint density at radius 2 is 1.68 bits per heavy atom. The molecule has 75 heavy (non-hydrogen) atoms. The first-order valence-electron chi connectivity index (χ1n) is 24.9. The number of non-ortho nitro benzene ring substituents is 1. The number of methoxy groups -OCH3 is 2. The molecule has 1 fully saturated rings. The maximum absolute atomic E-state index is 14.1. The Morgan fingerprint density at radius 1 is 1.04 bits per heavy atom. The summed E-state index contributed by atoms with van der Waals surface area (Å²) < 4.78 is 104. The van der Waals surface area contributed by atoms with Crippen molar-refractivity contribution in [1.82, 2.24) is 0 Å². The van der Waals surface area contributed by atoms with Gasteiger partial charge in [0.05, 0.1) is 53.0 Å². The number of nitrogens with zero attached hydrogens (tertiary/aromatic N) is 3. The Bertz CT molecular complexity index is 2610. The Morgan fingerprint density at radius 3 is 2.23 bits per heavy atom. The molecule has 21 heteroatoms. The van der Waals surface area contributed by atoms with E-state index in [1.54, 1.807) is 78.0 Å². The van der Waals surface area contributed by atoms with Crippen LogP contribution in [-0.2, 0) is 48.4 Å². The van der Waals surface area contributed by atoms with Gasteiger partial charge in [-0.05, 0) is 69.9 Å². The van der Waals surface area contributed by atoms with E-state index in [1.165, 1.54) is 32.4 Å². The molecule has 3 heterocycles. The van der Waals surface area contributed by atoms with E-state index >= 15 is 0 Å². The molecule has 5 rings (SSSR count). The van der Waals surface area contributed by atoms with Gasteiger partial charge in [0.25, 0.3) is 15.8 Å². The zero-order valence-corrected chi connectivity index (χ0v) is 44.9. The maximum atomic E-state index is 14.1. The fourth-order valence-corrected chi connectivity index (χ4v) is 11.0. The monoisotopic (exact) mass is 1070 g/mol. The molecule has 0 spiro atoms. The number of aliphatic hydroxyl groups excluding tert-OH is 2. The third kappa shape index (κ3) is 14.5. The van der Waals surface area contributed by atoms with E-state index in [0.717, 1.165) is 42.0 Å². The van der Waals surface area contributed by atoms with Crippen LogP contribution in [0.2, 0.25) is 0 Å². The third-order valence-corrected chi connectivity index (χ3v) is 15.8. The molecule has 0 bridgehead atoms. The summed E-state index contributed by atoms with van der Waals surface area (Å²) in [5.74, 6) is -5.62. The van der Waals surface area contributed by atoms with Crippen molar-refractivity contribution >= 4 is 27.7 Å². The Balaban J connectivity index is 1.45. The fraction of sp³-hybridized carbons (Fsp3) is 0.556. The van der Waals surface area contributed by atoms with E-state index in [-0.39, 0.29) is 33.9 Å². The van der Waals surface area contributed by atoms with Gasteiger partial charge >= 0.3 is 23.8 Å². The van der Waals surface area contributed by atoms with Crippen molar-refractivity contribution in [2.45, 2.75) is 147 Å². The number of hydrogen-bond donors (Lipinski definition) is 2. The minimum Gasteiger partial charge on any atom is -0.490 e. The number of carbonyl (C=O) groups is 2. The number of aliphatic hydroxyl groups is 2. The van der Waals surface area contributed by atoms with Gasteiger partial charge < -0.3 is 33.9 Å². The minimum atomic E-state index is -4.75. The molecule has 3 aliphatic rings. The lowest BCUT2D eigenvalue weighted by atomic mass is 9.79. The van der Waals surface area contributed by atoms with Crippen LogP contribution in [0.15, 0.2) is 123 Å². The standard InChI is InChI=1S/C54H70F3N3O14S/c1-12-15-42-34(7)45(74-75(67,68)40-24-22-39(23-25-40)60(65)66)29-44(71-42)35(8)48(62)36(9)50-43(69-10)17-14-16-30(3)26-33(6)49(41(13-2)47(61)32(5)27-31(4)28-46(70-11)52(64)73-50)72-51(63)37-18-20-38(21-19-37)53(58-59-53)54(55,56)57/h12,14-25,27-28,32-36,41-45,47-50,61-62H,13,26,29H2,1-11H3/b15-12+,17-14-,30-16+,31-27+,46-28+/t32-,33-,34-,35-,36+,41?,42-,43+,44-,45-,47-,48+,49+,50?/m1/s1. The van der Waals surface area contributed by atoms with Crippen LogP contribution in [0.3, 0.4) is 0 Å². The van der Waals surface area contributed by atoms with Gasteiger partial charge in [0.1, 0.15) is 18.3 Å². The zero-order chi connectivity index (χ0) is 55.7. The second kappa shape index (κ2) is 25.5. The van der Waals surface area contributed by atoms with Crippen LogP contribution in [0, 0.1) is 45.6 Å². The van der Waals surface area contributed by atoms with Crippen LogP contribution in [0.5, 0.6) is 0 Å². The molecule has 14 atom stereocenters. The molecular formula is C54H70F3N3O14S. The summed E-state index contributed by atoms with van der Waals surface area (Å²) in [6.07, 6.45) is 0.0687. The Labute approximate surface area is 436 Å². The summed E-state index contributed by atoms with van der Waals surface area (Å²) in [5.41, 5.74) is -1.88. The van der Waals surface area contributed by atoms with Gasteiger partial charge in [0, 0.05) is 60.8 Å². The van der Waals surface area contributed by atoms with Crippen molar-refractivity contribution < 1.29 is 74.2 Å².